The van der Waals surface area contributed by atoms with E-state index in [0.29, 0.717) is 5.92 Å². The first-order valence-corrected chi connectivity index (χ1v) is 7.90. The molecule has 0 radical (unpaired) electrons. The van der Waals surface area contributed by atoms with Crippen molar-refractivity contribution >= 4 is 23.0 Å². The van der Waals surface area contributed by atoms with E-state index in [1.54, 1.807) is 6.92 Å². The normalized spacial score (nSPS) is 11.9. The molecule has 0 fully saturated rings. The number of carbonyl (C=O) groups is 1. The van der Waals surface area contributed by atoms with Gasteiger partial charge in [0.2, 0.25) is 11.7 Å². The lowest BCUT2D eigenvalue weighted by atomic mass is 10.0. The van der Waals surface area contributed by atoms with Crippen molar-refractivity contribution in [1.82, 2.24) is 0 Å². The van der Waals surface area contributed by atoms with Gasteiger partial charge in [0.25, 0.3) is 0 Å². The molecule has 132 valence electrons. The highest BCUT2D eigenvalue weighted by atomic mass is 19.1. The third-order valence-corrected chi connectivity index (χ3v) is 3.76. The first-order valence-electron chi connectivity index (χ1n) is 7.90. The van der Waals surface area contributed by atoms with Crippen LogP contribution < -0.4 is 10.6 Å². The lowest BCUT2D eigenvalue weighted by Gasteiger charge is -2.19. The van der Waals surface area contributed by atoms with Gasteiger partial charge in [0, 0.05) is 17.4 Å². The number of amides is 1. The van der Waals surface area contributed by atoms with Crippen LogP contribution in [0.25, 0.3) is 0 Å². The van der Waals surface area contributed by atoms with E-state index >= 15 is 0 Å². The van der Waals surface area contributed by atoms with Crippen LogP contribution in [0.2, 0.25) is 0 Å². The minimum atomic E-state index is -0.944. The van der Waals surface area contributed by atoms with Crippen molar-refractivity contribution in [1.29, 1.82) is 0 Å². The highest BCUT2D eigenvalue weighted by molar-refractivity contribution is 5.96. The number of anilines is 2. The number of halogens is 1. The average molecular weight is 345 g/mol. The SMILES string of the molecule is CC(C)c1ccccc1N[C@H](C)C(=O)Nc1ccc(F)c([N+](=O)[O-])c1. The van der Waals surface area contributed by atoms with Gasteiger partial charge in [0.15, 0.2) is 0 Å². The first kappa shape index (κ1) is 18.4. The monoisotopic (exact) mass is 345 g/mol. The maximum Gasteiger partial charge on any atom is 0.306 e. The van der Waals surface area contributed by atoms with Crippen LogP contribution >= 0.6 is 0 Å². The molecule has 25 heavy (non-hydrogen) atoms. The van der Waals surface area contributed by atoms with Gasteiger partial charge in [-0.1, -0.05) is 32.0 Å². The van der Waals surface area contributed by atoms with Crippen molar-refractivity contribution in [3.8, 4) is 0 Å². The predicted molar refractivity (Wildman–Crippen MR) is 95.3 cm³/mol. The van der Waals surface area contributed by atoms with Gasteiger partial charge < -0.3 is 10.6 Å². The smallest absolute Gasteiger partial charge is 0.306 e. The number of hydrogen-bond acceptors (Lipinski definition) is 4. The number of nitrogens with zero attached hydrogens (tertiary/aromatic N) is 1. The fourth-order valence-corrected chi connectivity index (χ4v) is 2.41. The molecule has 0 heterocycles. The first-order chi connectivity index (χ1) is 11.8. The molecule has 2 aromatic carbocycles. The number of rotatable bonds is 6. The van der Waals surface area contributed by atoms with Gasteiger partial charge in [-0.25, -0.2) is 0 Å². The van der Waals surface area contributed by atoms with Crippen LogP contribution in [0.1, 0.15) is 32.3 Å². The Bertz CT molecular complexity index is 793. The van der Waals surface area contributed by atoms with Crippen molar-refractivity contribution in [2.45, 2.75) is 32.7 Å². The summed E-state index contributed by atoms with van der Waals surface area (Å²) in [5.41, 5.74) is 1.43. The van der Waals surface area contributed by atoms with E-state index in [1.165, 1.54) is 6.07 Å². The van der Waals surface area contributed by atoms with Crippen molar-refractivity contribution < 1.29 is 14.1 Å². The number of hydrogen-bond donors (Lipinski definition) is 2. The number of nitro groups is 1. The van der Waals surface area contributed by atoms with Gasteiger partial charge >= 0.3 is 5.69 Å². The molecule has 1 atom stereocenters. The van der Waals surface area contributed by atoms with Crippen molar-refractivity contribution in [2.24, 2.45) is 0 Å². The van der Waals surface area contributed by atoms with E-state index in [9.17, 15) is 19.3 Å². The minimum Gasteiger partial charge on any atom is -0.374 e. The number of nitrogens with one attached hydrogen (secondary N) is 2. The number of nitro benzene ring substituents is 1. The second-order valence-corrected chi connectivity index (χ2v) is 6.02. The van der Waals surface area contributed by atoms with Crippen LogP contribution in [0.5, 0.6) is 0 Å². The highest BCUT2D eigenvalue weighted by Gasteiger charge is 2.18. The molecule has 0 saturated heterocycles. The number of benzene rings is 2. The summed E-state index contributed by atoms with van der Waals surface area (Å²) < 4.78 is 13.4. The van der Waals surface area contributed by atoms with E-state index in [-0.39, 0.29) is 11.6 Å². The molecule has 2 aromatic rings. The lowest BCUT2D eigenvalue weighted by molar-refractivity contribution is -0.387. The molecule has 1 amide bonds. The summed E-state index contributed by atoms with van der Waals surface area (Å²) >= 11 is 0. The minimum absolute atomic E-state index is 0.170. The molecule has 0 bridgehead atoms. The highest BCUT2D eigenvalue weighted by Crippen LogP contribution is 2.25. The third-order valence-electron chi connectivity index (χ3n) is 3.76. The summed E-state index contributed by atoms with van der Waals surface area (Å²) in [5, 5.41) is 16.5. The quantitative estimate of drug-likeness (QED) is 0.604. The lowest BCUT2D eigenvalue weighted by Crippen LogP contribution is -2.32. The zero-order valence-corrected chi connectivity index (χ0v) is 14.2. The Hall–Kier alpha value is -2.96. The largest absolute Gasteiger partial charge is 0.374 e. The Balaban J connectivity index is 2.11. The molecule has 2 rings (SSSR count). The molecular weight excluding hydrogens is 325 g/mol. The molecule has 0 aliphatic heterocycles. The fraction of sp³-hybridized carbons (Fsp3) is 0.278. The Labute approximate surface area is 145 Å². The van der Waals surface area contributed by atoms with Gasteiger partial charge in [-0.3, -0.25) is 14.9 Å². The van der Waals surface area contributed by atoms with Crippen LogP contribution in [0.15, 0.2) is 42.5 Å². The maximum atomic E-state index is 13.4. The summed E-state index contributed by atoms with van der Waals surface area (Å²) in [6.45, 7) is 5.80. The molecule has 0 aliphatic rings. The Morgan fingerprint density at radius 1 is 1.16 bits per heavy atom. The Kier molecular flexibility index (Phi) is 5.69. The topological polar surface area (TPSA) is 84.3 Å². The van der Waals surface area contributed by atoms with Crippen LogP contribution in [0, 0.1) is 15.9 Å². The van der Waals surface area contributed by atoms with Crippen molar-refractivity contribution in [2.75, 3.05) is 10.6 Å². The van der Waals surface area contributed by atoms with Crippen LogP contribution in [-0.2, 0) is 4.79 Å². The number of para-hydroxylation sites is 1. The van der Waals surface area contributed by atoms with E-state index in [2.05, 4.69) is 24.5 Å². The van der Waals surface area contributed by atoms with Gasteiger partial charge in [-0.2, -0.15) is 4.39 Å². The van der Waals surface area contributed by atoms with Crippen LogP contribution in [-0.4, -0.2) is 16.9 Å². The molecule has 0 aromatic heterocycles. The summed E-state index contributed by atoms with van der Waals surface area (Å²) in [6, 6.07) is 10.4. The standard InChI is InChI=1S/C18H20FN3O3/c1-11(2)14-6-4-5-7-16(14)20-12(3)18(23)21-13-8-9-15(19)17(10-13)22(24)25/h4-12,20H,1-3H3,(H,21,23)/t12-/m1/s1. The fourth-order valence-electron chi connectivity index (χ4n) is 2.41. The summed E-state index contributed by atoms with van der Waals surface area (Å²) in [6.07, 6.45) is 0. The van der Waals surface area contributed by atoms with Crippen LogP contribution in [0.3, 0.4) is 0 Å². The summed E-state index contributed by atoms with van der Waals surface area (Å²) in [4.78, 5) is 22.3. The molecule has 7 heteroatoms. The van der Waals surface area contributed by atoms with Gasteiger partial charge in [0.1, 0.15) is 6.04 Å². The van der Waals surface area contributed by atoms with Gasteiger partial charge in [-0.05, 0) is 36.6 Å². The Morgan fingerprint density at radius 2 is 1.84 bits per heavy atom. The van der Waals surface area contributed by atoms with E-state index in [0.717, 1.165) is 23.4 Å². The second kappa shape index (κ2) is 7.74. The number of carbonyl (C=O) groups excluding carboxylic acids is 1. The molecule has 2 N–H and O–H groups in total. The van der Waals surface area contributed by atoms with E-state index in [1.807, 2.05) is 24.3 Å². The molecule has 0 aliphatic carbocycles. The van der Waals surface area contributed by atoms with E-state index in [4.69, 9.17) is 0 Å². The predicted octanol–water partition coefficient (Wildman–Crippen LogP) is 4.30. The van der Waals surface area contributed by atoms with Gasteiger partial charge in [0.05, 0.1) is 4.92 Å². The molecular formula is C18H20FN3O3. The maximum absolute atomic E-state index is 13.4. The summed E-state index contributed by atoms with van der Waals surface area (Å²) in [5.74, 6) is -1.03. The molecule has 6 nitrogen and oxygen atoms in total. The second-order valence-electron chi connectivity index (χ2n) is 6.02. The third kappa shape index (κ3) is 4.53. The molecule has 0 spiro atoms. The average Bonchev–Trinajstić information content (AvgIpc) is 2.56. The molecule has 0 unspecified atom stereocenters. The zero-order valence-electron chi connectivity index (χ0n) is 14.2. The Morgan fingerprint density at radius 3 is 2.48 bits per heavy atom. The van der Waals surface area contributed by atoms with E-state index < -0.39 is 22.5 Å². The molecule has 0 saturated carbocycles. The van der Waals surface area contributed by atoms with Crippen LogP contribution in [0.4, 0.5) is 21.5 Å². The summed E-state index contributed by atoms with van der Waals surface area (Å²) in [7, 11) is 0. The van der Waals surface area contributed by atoms with Crippen molar-refractivity contribution in [3.05, 3.63) is 64.0 Å². The zero-order chi connectivity index (χ0) is 18.6. The van der Waals surface area contributed by atoms with Gasteiger partial charge in [-0.15, -0.1) is 0 Å². The van der Waals surface area contributed by atoms with Crippen molar-refractivity contribution in [3.63, 3.8) is 0 Å².